The van der Waals surface area contributed by atoms with Gasteiger partial charge in [-0.3, -0.25) is 4.98 Å². The number of nitrogens with zero attached hydrogens (tertiary/aromatic N) is 1. The zero-order chi connectivity index (χ0) is 15.6. The van der Waals surface area contributed by atoms with Crippen molar-refractivity contribution in [1.82, 2.24) is 9.71 Å². The number of fused-ring (bicyclic) bond motifs is 1. The van der Waals surface area contributed by atoms with Crippen molar-refractivity contribution in [3.8, 4) is 0 Å². The summed E-state index contributed by atoms with van der Waals surface area (Å²) in [6.45, 7) is 1.88. The van der Waals surface area contributed by atoms with Crippen LogP contribution >= 0.6 is 11.3 Å². The largest absolute Gasteiger partial charge is 0.263 e. The van der Waals surface area contributed by atoms with Gasteiger partial charge < -0.3 is 0 Å². The summed E-state index contributed by atoms with van der Waals surface area (Å²) in [5, 5.41) is 3.29. The molecular weight excluding hydrogens is 316 g/mol. The van der Waals surface area contributed by atoms with Gasteiger partial charge in [0.05, 0.1) is 0 Å². The molecule has 0 fully saturated rings. The third kappa shape index (κ3) is 3.19. The van der Waals surface area contributed by atoms with Gasteiger partial charge in [-0.25, -0.2) is 13.1 Å². The highest BCUT2D eigenvalue weighted by Crippen LogP contribution is 2.26. The van der Waals surface area contributed by atoms with Gasteiger partial charge in [-0.2, -0.15) is 0 Å². The Bertz CT molecular complexity index is 873. The fourth-order valence-electron chi connectivity index (χ4n) is 2.40. The fraction of sp³-hybridized carbons (Fsp3) is 0.188. The van der Waals surface area contributed by atoms with E-state index in [-0.39, 0.29) is 10.9 Å². The van der Waals surface area contributed by atoms with Crippen LogP contribution in [0.2, 0.25) is 0 Å². The molecule has 2 heterocycles. The highest BCUT2D eigenvalue weighted by molar-refractivity contribution is 7.89. The topological polar surface area (TPSA) is 59.1 Å². The van der Waals surface area contributed by atoms with E-state index in [0.717, 1.165) is 0 Å². The lowest BCUT2D eigenvalue weighted by Gasteiger charge is -2.13. The summed E-state index contributed by atoms with van der Waals surface area (Å²) in [7, 11) is -3.53. The molecule has 22 heavy (non-hydrogen) atoms. The molecule has 1 atom stereocenters. The Balaban J connectivity index is 1.77. The molecule has 6 heteroatoms. The predicted molar refractivity (Wildman–Crippen MR) is 89.5 cm³/mol. The van der Waals surface area contributed by atoms with Gasteiger partial charge in [-0.15, -0.1) is 11.3 Å². The zero-order valence-electron chi connectivity index (χ0n) is 12.1. The van der Waals surface area contributed by atoms with Crippen LogP contribution in [-0.4, -0.2) is 19.4 Å². The van der Waals surface area contributed by atoms with Crippen molar-refractivity contribution in [1.29, 1.82) is 0 Å². The van der Waals surface area contributed by atoms with Gasteiger partial charge in [-0.1, -0.05) is 18.2 Å². The molecule has 3 aromatic rings. The van der Waals surface area contributed by atoms with E-state index in [2.05, 4.69) is 27.2 Å². The van der Waals surface area contributed by atoms with Gasteiger partial charge in [0, 0.05) is 23.1 Å². The molecule has 0 saturated heterocycles. The van der Waals surface area contributed by atoms with Crippen LogP contribution in [0.15, 0.2) is 59.1 Å². The summed E-state index contributed by atoms with van der Waals surface area (Å²) in [5.74, 6) is 0. The number of nitrogens with one attached hydrogen (secondary N) is 1. The van der Waals surface area contributed by atoms with Crippen LogP contribution in [-0.2, 0) is 16.4 Å². The quantitative estimate of drug-likeness (QED) is 0.780. The van der Waals surface area contributed by atoms with Crippen LogP contribution in [0, 0.1) is 0 Å². The number of benzene rings is 1. The summed E-state index contributed by atoms with van der Waals surface area (Å²) in [4.78, 5) is 4.05. The van der Waals surface area contributed by atoms with Gasteiger partial charge in [0.1, 0.15) is 4.90 Å². The maximum Gasteiger partial charge on any atom is 0.242 e. The molecule has 1 unspecified atom stereocenters. The van der Waals surface area contributed by atoms with Crippen LogP contribution < -0.4 is 4.72 Å². The van der Waals surface area contributed by atoms with E-state index in [4.69, 9.17) is 0 Å². The first-order valence-electron chi connectivity index (χ1n) is 6.94. The molecule has 1 aromatic carbocycles. The van der Waals surface area contributed by atoms with Crippen molar-refractivity contribution in [3.05, 3.63) is 59.7 Å². The standard InChI is InChI=1S/C16H16N2O2S2/c1-12(18-22(19,20)14-5-4-8-17-10-14)9-13-11-21-16-7-3-2-6-15(13)16/h2-8,10-12,18H,9H2,1H3. The molecule has 0 aliphatic carbocycles. The molecule has 0 aliphatic rings. The minimum Gasteiger partial charge on any atom is -0.263 e. The molecule has 0 spiro atoms. The van der Waals surface area contributed by atoms with Crippen LogP contribution in [0.4, 0.5) is 0 Å². The number of hydrogen-bond acceptors (Lipinski definition) is 4. The van der Waals surface area contributed by atoms with Crippen molar-refractivity contribution >= 4 is 31.4 Å². The molecule has 0 bridgehead atoms. The van der Waals surface area contributed by atoms with E-state index in [0.29, 0.717) is 6.42 Å². The first-order valence-corrected chi connectivity index (χ1v) is 9.30. The predicted octanol–water partition coefficient (Wildman–Crippen LogP) is 3.21. The van der Waals surface area contributed by atoms with Crippen LogP contribution in [0.3, 0.4) is 0 Å². The molecule has 0 radical (unpaired) electrons. The smallest absolute Gasteiger partial charge is 0.242 e. The first kappa shape index (κ1) is 15.1. The molecule has 0 saturated carbocycles. The average molecular weight is 332 g/mol. The maximum absolute atomic E-state index is 12.3. The monoisotopic (exact) mass is 332 g/mol. The second-order valence-electron chi connectivity index (χ2n) is 5.17. The molecule has 2 aromatic heterocycles. The lowest BCUT2D eigenvalue weighted by Crippen LogP contribution is -2.34. The SMILES string of the molecule is CC(Cc1csc2ccccc12)NS(=O)(=O)c1cccnc1. The third-order valence-electron chi connectivity index (χ3n) is 3.39. The highest BCUT2D eigenvalue weighted by Gasteiger charge is 2.18. The molecule has 0 aliphatic heterocycles. The van der Waals surface area contributed by atoms with Crippen molar-refractivity contribution in [2.75, 3.05) is 0 Å². The number of thiophene rings is 1. The summed E-state index contributed by atoms with van der Waals surface area (Å²) >= 11 is 1.68. The van der Waals surface area contributed by atoms with E-state index in [1.165, 1.54) is 21.8 Å². The minimum absolute atomic E-state index is 0.191. The molecular formula is C16H16N2O2S2. The molecule has 114 valence electrons. The van der Waals surface area contributed by atoms with E-state index >= 15 is 0 Å². The van der Waals surface area contributed by atoms with Crippen molar-refractivity contribution < 1.29 is 8.42 Å². The lowest BCUT2D eigenvalue weighted by atomic mass is 10.1. The second-order valence-corrected chi connectivity index (χ2v) is 7.80. The van der Waals surface area contributed by atoms with Gasteiger partial charge in [-0.05, 0) is 47.9 Å². The Hall–Kier alpha value is -1.76. The van der Waals surface area contributed by atoms with E-state index in [1.54, 1.807) is 29.7 Å². The van der Waals surface area contributed by atoms with E-state index in [1.807, 2.05) is 19.1 Å². The molecule has 1 N–H and O–H groups in total. The Morgan fingerprint density at radius 3 is 2.82 bits per heavy atom. The van der Waals surface area contributed by atoms with Crippen molar-refractivity contribution in [2.24, 2.45) is 0 Å². The number of pyridine rings is 1. The Labute approximate surface area is 133 Å². The van der Waals surface area contributed by atoms with Crippen molar-refractivity contribution in [3.63, 3.8) is 0 Å². The van der Waals surface area contributed by atoms with E-state index < -0.39 is 10.0 Å². The fourth-order valence-corrected chi connectivity index (χ4v) is 4.58. The average Bonchev–Trinajstić information content (AvgIpc) is 2.91. The summed E-state index contributed by atoms with van der Waals surface area (Å²) < 4.78 is 28.5. The van der Waals surface area contributed by atoms with Gasteiger partial charge in [0.2, 0.25) is 10.0 Å². The van der Waals surface area contributed by atoms with E-state index in [9.17, 15) is 8.42 Å². The second kappa shape index (κ2) is 6.16. The normalized spacial score (nSPS) is 13.3. The number of hydrogen-bond donors (Lipinski definition) is 1. The Morgan fingerprint density at radius 1 is 1.23 bits per heavy atom. The van der Waals surface area contributed by atoms with Gasteiger partial charge >= 0.3 is 0 Å². The molecule has 4 nitrogen and oxygen atoms in total. The maximum atomic E-state index is 12.3. The van der Waals surface area contributed by atoms with Crippen LogP contribution in [0.25, 0.3) is 10.1 Å². The number of sulfonamides is 1. The molecule has 0 amide bonds. The first-order chi connectivity index (χ1) is 10.6. The summed E-state index contributed by atoms with van der Waals surface area (Å²) in [6.07, 6.45) is 3.57. The van der Waals surface area contributed by atoms with Gasteiger partial charge in [0.25, 0.3) is 0 Å². The van der Waals surface area contributed by atoms with Crippen molar-refractivity contribution in [2.45, 2.75) is 24.3 Å². The lowest BCUT2D eigenvalue weighted by molar-refractivity contribution is 0.560. The van der Waals surface area contributed by atoms with Gasteiger partial charge in [0.15, 0.2) is 0 Å². The number of rotatable bonds is 5. The Morgan fingerprint density at radius 2 is 2.05 bits per heavy atom. The van der Waals surface area contributed by atoms with Crippen LogP contribution in [0.1, 0.15) is 12.5 Å². The molecule has 3 rings (SSSR count). The Kier molecular flexibility index (Phi) is 4.24. The highest BCUT2D eigenvalue weighted by atomic mass is 32.2. The summed E-state index contributed by atoms with van der Waals surface area (Å²) in [5.41, 5.74) is 1.17. The van der Waals surface area contributed by atoms with Crippen LogP contribution in [0.5, 0.6) is 0 Å². The third-order valence-corrected chi connectivity index (χ3v) is 5.98. The minimum atomic E-state index is -3.53. The zero-order valence-corrected chi connectivity index (χ0v) is 13.7. The number of aromatic nitrogens is 1. The summed E-state index contributed by atoms with van der Waals surface area (Å²) in [6, 6.07) is 11.1.